The molecule has 0 aliphatic carbocycles. The van der Waals surface area contributed by atoms with E-state index in [4.69, 9.17) is 4.74 Å². The molecule has 1 aromatic rings. The number of nitrogens with one attached hydrogen (secondary N) is 2. The van der Waals surface area contributed by atoms with Crippen LogP contribution in [0.4, 0.5) is 10.5 Å². The van der Waals surface area contributed by atoms with Crippen LogP contribution >= 0.6 is 0 Å². The standard InChI is InChI=1S/C16H23N3O4/c1-5-19(6-2)13-9-7-12(8-10-13)15(21)23-11(3)14(20)18-16(22)17-4/h7-11H,5-6H2,1-4H3,(H2,17,18,20,22)/t11-/m1/s1. The van der Waals surface area contributed by atoms with Gasteiger partial charge in [0.1, 0.15) is 0 Å². The fourth-order valence-electron chi connectivity index (χ4n) is 1.96. The first-order chi connectivity index (χ1) is 10.9. The first kappa shape index (κ1) is 18.5. The number of carbonyl (C=O) groups is 3. The number of benzene rings is 1. The highest BCUT2D eigenvalue weighted by Gasteiger charge is 2.20. The summed E-state index contributed by atoms with van der Waals surface area (Å²) in [5.41, 5.74) is 1.36. The molecule has 1 rings (SSSR count). The van der Waals surface area contributed by atoms with Crippen molar-refractivity contribution in [3.63, 3.8) is 0 Å². The minimum absolute atomic E-state index is 0.348. The largest absolute Gasteiger partial charge is 0.449 e. The van der Waals surface area contributed by atoms with Crippen LogP contribution in [-0.2, 0) is 9.53 Å². The van der Waals surface area contributed by atoms with E-state index in [9.17, 15) is 14.4 Å². The lowest BCUT2D eigenvalue weighted by Gasteiger charge is -2.21. The average Bonchev–Trinajstić information content (AvgIpc) is 2.56. The molecule has 0 aliphatic heterocycles. The van der Waals surface area contributed by atoms with Gasteiger partial charge in [0.2, 0.25) is 0 Å². The first-order valence-corrected chi connectivity index (χ1v) is 7.51. The van der Waals surface area contributed by atoms with Crippen molar-refractivity contribution >= 4 is 23.6 Å². The number of nitrogens with zero attached hydrogens (tertiary/aromatic N) is 1. The van der Waals surface area contributed by atoms with Gasteiger partial charge in [0, 0.05) is 25.8 Å². The molecule has 0 unspecified atom stereocenters. The summed E-state index contributed by atoms with van der Waals surface area (Å²) in [7, 11) is 1.39. The normalized spacial score (nSPS) is 11.3. The molecular weight excluding hydrogens is 298 g/mol. The summed E-state index contributed by atoms with van der Waals surface area (Å²) < 4.78 is 5.05. The van der Waals surface area contributed by atoms with Crippen molar-refractivity contribution in [3.8, 4) is 0 Å². The van der Waals surface area contributed by atoms with E-state index in [1.165, 1.54) is 14.0 Å². The number of ether oxygens (including phenoxy) is 1. The van der Waals surface area contributed by atoms with E-state index in [1.807, 2.05) is 12.1 Å². The monoisotopic (exact) mass is 321 g/mol. The Hall–Kier alpha value is -2.57. The summed E-state index contributed by atoms with van der Waals surface area (Å²) in [5, 5.41) is 4.30. The predicted octanol–water partition coefficient (Wildman–Crippen LogP) is 1.53. The molecule has 0 aliphatic rings. The molecule has 0 bridgehead atoms. The smallest absolute Gasteiger partial charge is 0.338 e. The summed E-state index contributed by atoms with van der Waals surface area (Å²) in [4.78, 5) is 36.9. The van der Waals surface area contributed by atoms with Crippen molar-refractivity contribution in [1.82, 2.24) is 10.6 Å². The van der Waals surface area contributed by atoms with Crippen molar-refractivity contribution in [3.05, 3.63) is 29.8 Å². The van der Waals surface area contributed by atoms with Crippen LogP contribution in [0.3, 0.4) is 0 Å². The fourth-order valence-corrected chi connectivity index (χ4v) is 1.96. The van der Waals surface area contributed by atoms with Crippen LogP contribution in [0.1, 0.15) is 31.1 Å². The molecule has 2 N–H and O–H groups in total. The molecule has 3 amide bonds. The molecular formula is C16H23N3O4. The molecule has 7 nitrogen and oxygen atoms in total. The first-order valence-electron chi connectivity index (χ1n) is 7.51. The van der Waals surface area contributed by atoms with Crippen molar-refractivity contribution < 1.29 is 19.1 Å². The van der Waals surface area contributed by atoms with E-state index >= 15 is 0 Å². The van der Waals surface area contributed by atoms with Gasteiger partial charge in [0.05, 0.1) is 5.56 Å². The maximum Gasteiger partial charge on any atom is 0.338 e. The van der Waals surface area contributed by atoms with Crippen LogP contribution in [-0.4, -0.2) is 44.1 Å². The minimum Gasteiger partial charge on any atom is -0.449 e. The molecule has 0 fully saturated rings. The molecule has 0 saturated heterocycles. The second-order valence-electron chi connectivity index (χ2n) is 4.84. The van der Waals surface area contributed by atoms with Crippen LogP contribution in [0.25, 0.3) is 0 Å². The zero-order valence-corrected chi connectivity index (χ0v) is 13.9. The molecule has 0 saturated carbocycles. The van der Waals surface area contributed by atoms with Gasteiger partial charge in [-0.2, -0.15) is 0 Å². The molecule has 126 valence electrons. The molecule has 7 heteroatoms. The summed E-state index contributed by atoms with van der Waals surface area (Å²) in [5.74, 6) is -1.30. The van der Waals surface area contributed by atoms with Crippen molar-refractivity contribution in [2.45, 2.75) is 26.9 Å². The number of hydrogen-bond donors (Lipinski definition) is 2. The lowest BCUT2D eigenvalue weighted by molar-refractivity contribution is -0.127. The van der Waals surface area contributed by atoms with E-state index < -0.39 is 24.0 Å². The van der Waals surface area contributed by atoms with Gasteiger partial charge >= 0.3 is 12.0 Å². The molecule has 23 heavy (non-hydrogen) atoms. The van der Waals surface area contributed by atoms with E-state index in [0.717, 1.165) is 18.8 Å². The second kappa shape index (κ2) is 8.77. The number of esters is 1. The predicted molar refractivity (Wildman–Crippen MR) is 87.5 cm³/mol. The zero-order chi connectivity index (χ0) is 17.4. The zero-order valence-electron chi connectivity index (χ0n) is 13.9. The third-order valence-corrected chi connectivity index (χ3v) is 3.35. The molecule has 0 radical (unpaired) electrons. The maximum absolute atomic E-state index is 12.0. The lowest BCUT2D eigenvalue weighted by atomic mass is 10.2. The van der Waals surface area contributed by atoms with E-state index in [1.54, 1.807) is 12.1 Å². The molecule has 0 spiro atoms. The van der Waals surface area contributed by atoms with Crippen LogP contribution in [0.2, 0.25) is 0 Å². The van der Waals surface area contributed by atoms with Gasteiger partial charge in [-0.05, 0) is 45.0 Å². The quantitative estimate of drug-likeness (QED) is 0.776. The maximum atomic E-state index is 12.0. The van der Waals surface area contributed by atoms with Gasteiger partial charge in [-0.15, -0.1) is 0 Å². The number of anilines is 1. The van der Waals surface area contributed by atoms with E-state index in [2.05, 4.69) is 29.4 Å². The highest BCUT2D eigenvalue weighted by atomic mass is 16.5. The van der Waals surface area contributed by atoms with Crippen LogP contribution in [0.5, 0.6) is 0 Å². The number of urea groups is 1. The van der Waals surface area contributed by atoms with Crippen LogP contribution in [0, 0.1) is 0 Å². The molecule has 1 atom stereocenters. The number of hydrogen-bond acceptors (Lipinski definition) is 5. The fraction of sp³-hybridized carbons (Fsp3) is 0.438. The Morgan fingerprint density at radius 3 is 2.17 bits per heavy atom. The van der Waals surface area contributed by atoms with Crippen molar-refractivity contribution in [2.75, 3.05) is 25.0 Å². The van der Waals surface area contributed by atoms with Gasteiger partial charge in [0.25, 0.3) is 5.91 Å². The summed E-state index contributed by atoms with van der Waals surface area (Å²) in [6.45, 7) is 7.26. The highest BCUT2D eigenvalue weighted by molar-refractivity contribution is 5.98. The average molecular weight is 321 g/mol. The SMILES string of the molecule is CCN(CC)c1ccc(C(=O)O[C@H](C)C(=O)NC(=O)NC)cc1. The van der Waals surface area contributed by atoms with E-state index in [0.29, 0.717) is 5.56 Å². The Balaban J connectivity index is 2.67. The van der Waals surface area contributed by atoms with Gasteiger partial charge in [0.15, 0.2) is 6.10 Å². The van der Waals surface area contributed by atoms with Gasteiger partial charge in [-0.25, -0.2) is 9.59 Å². The Bertz CT molecular complexity index is 553. The van der Waals surface area contributed by atoms with Crippen molar-refractivity contribution in [1.29, 1.82) is 0 Å². The highest BCUT2D eigenvalue weighted by Crippen LogP contribution is 2.15. The summed E-state index contributed by atoms with van der Waals surface area (Å²) in [6.07, 6.45) is -1.07. The number of amides is 3. The van der Waals surface area contributed by atoms with Gasteiger partial charge in [-0.3, -0.25) is 10.1 Å². The van der Waals surface area contributed by atoms with E-state index in [-0.39, 0.29) is 0 Å². The van der Waals surface area contributed by atoms with Crippen LogP contribution in [0.15, 0.2) is 24.3 Å². The Morgan fingerprint density at radius 2 is 1.70 bits per heavy atom. The Morgan fingerprint density at radius 1 is 1.13 bits per heavy atom. The number of carbonyl (C=O) groups excluding carboxylic acids is 3. The molecule has 0 aromatic heterocycles. The Labute approximate surface area is 136 Å². The lowest BCUT2D eigenvalue weighted by Crippen LogP contribution is -2.43. The van der Waals surface area contributed by atoms with Gasteiger partial charge < -0.3 is 15.0 Å². The number of rotatable bonds is 6. The minimum atomic E-state index is -1.07. The Kier molecular flexibility index (Phi) is 7.05. The third kappa shape index (κ3) is 5.28. The molecule has 1 aromatic carbocycles. The third-order valence-electron chi connectivity index (χ3n) is 3.35. The van der Waals surface area contributed by atoms with Gasteiger partial charge in [-0.1, -0.05) is 0 Å². The second-order valence-corrected chi connectivity index (χ2v) is 4.84. The van der Waals surface area contributed by atoms with Crippen LogP contribution < -0.4 is 15.5 Å². The topological polar surface area (TPSA) is 87.7 Å². The van der Waals surface area contributed by atoms with Crippen molar-refractivity contribution in [2.24, 2.45) is 0 Å². The molecule has 0 heterocycles. The number of imide groups is 1. The summed E-state index contributed by atoms with van der Waals surface area (Å²) >= 11 is 0. The summed E-state index contributed by atoms with van der Waals surface area (Å²) in [6, 6.07) is 6.32.